The van der Waals surface area contributed by atoms with Gasteiger partial charge in [0.25, 0.3) is 0 Å². The van der Waals surface area contributed by atoms with E-state index in [9.17, 15) is 8.42 Å². The van der Waals surface area contributed by atoms with Gasteiger partial charge >= 0.3 is 0 Å². The largest absolute Gasteiger partial charge is 0.250 e. The number of hydrogen-bond acceptors (Lipinski definition) is 3. The molecule has 0 bridgehead atoms. The van der Waals surface area contributed by atoms with Crippen molar-refractivity contribution >= 4 is 48.9 Å². The van der Waals surface area contributed by atoms with Gasteiger partial charge in [0, 0.05) is 6.04 Å². The van der Waals surface area contributed by atoms with Gasteiger partial charge < -0.3 is 0 Å². The standard InChI is InChI=1S/C10H15BrClNO2S2/c1-4-8(6(2)3)13-17(14,15)9-5-7(12)10(11)16-9/h5-6,8,13H,4H2,1-3H3. The van der Waals surface area contributed by atoms with Crippen molar-refractivity contribution in [3.63, 3.8) is 0 Å². The average Bonchev–Trinajstić information content (AvgIpc) is 2.56. The van der Waals surface area contributed by atoms with Gasteiger partial charge in [0.15, 0.2) is 0 Å². The van der Waals surface area contributed by atoms with Crippen LogP contribution in [0, 0.1) is 5.92 Å². The number of nitrogens with one attached hydrogen (secondary N) is 1. The van der Waals surface area contributed by atoms with Crippen molar-refractivity contribution in [2.24, 2.45) is 5.92 Å². The van der Waals surface area contributed by atoms with E-state index in [4.69, 9.17) is 11.6 Å². The van der Waals surface area contributed by atoms with Crippen LogP contribution in [0.4, 0.5) is 0 Å². The molecule has 7 heteroatoms. The molecule has 1 atom stereocenters. The lowest BCUT2D eigenvalue weighted by Gasteiger charge is -2.19. The summed E-state index contributed by atoms with van der Waals surface area (Å²) in [6.07, 6.45) is 0.761. The third-order valence-electron chi connectivity index (χ3n) is 2.44. The summed E-state index contributed by atoms with van der Waals surface area (Å²) < 4.78 is 27.8. The molecule has 1 rings (SSSR count). The summed E-state index contributed by atoms with van der Waals surface area (Å²) in [5, 5.41) is 0.424. The highest BCUT2D eigenvalue weighted by Crippen LogP contribution is 2.34. The van der Waals surface area contributed by atoms with Gasteiger partial charge in [-0.25, -0.2) is 13.1 Å². The summed E-state index contributed by atoms with van der Waals surface area (Å²) >= 11 is 10.2. The summed E-state index contributed by atoms with van der Waals surface area (Å²) in [4.78, 5) is 0. The molecule has 0 saturated heterocycles. The zero-order valence-electron chi connectivity index (χ0n) is 9.83. The van der Waals surface area contributed by atoms with E-state index in [0.717, 1.165) is 17.8 Å². The van der Waals surface area contributed by atoms with E-state index in [-0.39, 0.29) is 16.2 Å². The first-order valence-corrected chi connectivity index (χ1v) is 8.72. The molecule has 0 aliphatic heterocycles. The summed E-state index contributed by atoms with van der Waals surface area (Å²) in [6, 6.07) is 1.41. The lowest BCUT2D eigenvalue weighted by atomic mass is 10.0. The molecule has 1 unspecified atom stereocenters. The topological polar surface area (TPSA) is 46.2 Å². The average molecular weight is 361 g/mol. The van der Waals surface area contributed by atoms with E-state index in [1.165, 1.54) is 6.07 Å². The van der Waals surface area contributed by atoms with Crippen molar-refractivity contribution in [2.75, 3.05) is 0 Å². The van der Waals surface area contributed by atoms with Gasteiger partial charge in [-0.15, -0.1) is 11.3 Å². The smallest absolute Gasteiger partial charge is 0.207 e. The first kappa shape index (κ1) is 15.4. The summed E-state index contributed by atoms with van der Waals surface area (Å²) in [6.45, 7) is 5.95. The molecule has 0 saturated carbocycles. The maximum absolute atomic E-state index is 12.1. The molecule has 0 fully saturated rings. The second kappa shape index (κ2) is 6.02. The first-order valence-electron chi connectivity index (χ1n) is 5.25. The van der Waals surface area contributed by atoms with Gasteiger partial charge in [-0.05, 0) is 34.3 Å². The molecule has 0 amide bonds. The molecular weight excluding hydrogens is 346 g/mol. The highest BCUT2D eigenvalue weighted by atomic mass is 79.9. The maximum atomic E-state index is 12.1. The van der Waals surface area contributed by atoms with Crippen molar-refractivity contribution in [1.29, 1.82) is 0 Å². The molecular formula is C10H15BrClNO2S2. The van der Waals surface area contributed by atoms with Crippen LogP contribution < -0.4 is 4.72 Å². The molecule has 17 heavy (non-hydrogen) atoms. The van der Waals surface area contributed by atoms with E-state index >= 15 is 0 Å². The van der Waals surface area contributed by atoms with Crippen LogP contribution >= 0.6 is 38.9 Å². The summed E-state index contributed by atoms with van der Waals surface area (Å²) in [5.41, 5.74) is 0. The van der Waals surface area contributed by atoms with Crippen molar-refractivity contribution in [3.8, 4) is 0 Å². The van der Waals surface area contributed by atoms with E-state index in [0.29, 0.717) is 8.81 Å². The molecule has 0 aromatic carbocycles. The Labute approximate surface area is 120 Å². The third kappa shape index (κ3) is 3.92. The van der Waals surface area contributed by atoms with Crippen molar-refractivity contribution in [3.05, 3.63) is 14.9 Å². The van der Waals surface area contributed by atoms with Gasteiger partial charge in [-0.1, -0.05) is 32.4 Å². The lowest BCUT2D eigenvalue weighted by molar-refractivity contribution is 0.438. The van der Waals surface area contributed by atoms with Crippen LogP contribution in [-0.2, 0) is 10.0 Å². The van der Waals surface area contributed by atoms with Gasteiger partial charge in [0.1, 0.15) is 4.21 Å². The highest BCUT2D eigenvalue weighted by molar-refractivity contribution is 9.11. The molecule has 0 spiro atoms. The molecule has 3 nitrogen and oxygen atoms in total. The Hall–Kier alpha value is 0.380. The van der Waals surface area contributed by atoms with E-state index in [2.05, 4.69) is 20.7 Å². The van der Waals surface area contributed by atoms with E-state index in [1.54, 1.807) is 0 Å². The maximum Gasteiger partial charge on any atom is 0.250 e. The van der Waals surface area contributed by atoms with Crippen LogP contribution in [0.2, 0.25) is 5.02 Å². The zero-order valence-corrected chi connectivity index (χ0v) is 13.8. The predicted molar refractivity (Wildman–Crippen MR) is 76.3 cm³/mol. The van der Waals surface area contributed by atoms with Gasteiger partial charge in [0.05, 0.1) is 8.81 Å². The van der Waals surface area contributed by atoms with Crippen LogP contribution in [0.3, 0.4) is 0 Å². The zero-order chi connectivity index (χ0) is 13.2. The molecule has 1 N–H and O–H groups in total. The van der Waals surface area contributed by atoms with Crippen LogP contribution in [0.1, 0.15) is 27.2 Å². The number of thiophene rings is 1. The predicted octanol–water partition coefficient (Wildman–Crippen LogP) is 3.88. The monoisotopic (exact) mass is 359 g/mol. The van der Waals surface area contributed by atoms with E-state index in [1.807, 2.05) is 20.8 Å². The lowest BCUT2D eigenvalue weighted by Crippen LogP contribution is -2.37. The summed E-state index contributed by atoms with van der Waals surface area (Å²) in [7, 11) is -3.46. The van der Waals surface area contributed by atoms with Gasteiger partial charge in [-0.2, -0.15) is 0 Å². The van der Waals surface area contributed by atoms with Crippen LogP contribution in [-0.4, -0.2) is 14.5 Å². The molecule has 0 aliphatic carbocycles. The number of rotatable bonds is 5. The Morgan fingerprint density at radius 1 is 1.53 bits per heavy atom. The number of halogens is 2. The van der Waals surface area contributed by atoms with Crippen LogP contribution in [0.15, 0.2) is 14.1 Å². The van der Waals surface area contributed by atoms with Crippen LogP contribution in [0.25, 0.3) is 0 Å². The van der Waals surface area contributed by atoms with Crippen molar-refractivity contribution in [1.82, 2.24) is 4.72 Å². The number of hydrogen-bond donors (Lipinski definition) is 1. The van der Waals surface area contributed by atoms with Crippen molar-refractivity contribution in [2.45, 2.75) is 37.4 Å². The minimum absolute atomic E-state index is 0.0559. The summed E-state index contributed by atoms with van der Waals surface area (Å²) in [5.74, 6) is 0.258. The molecule has 0 radical (unpaired) electrons. The SMILES string of the molecule is CCC(NS(=O)(=O)c1cc(Cl)c(Br)s1)C(C)C. The van der Waals surface area contributed by atoms with Crippen LogP contribution in [0.5, 0.6) is 0 Å². The molecule has 1 aromatic rings. The second-order valence-corrected chi connectivity index (χ2v) is 8.79. The second-order valence-electron chi connectivity index (χ2n) is 4.07. The highest BCUT2D eigenvalue weighted by Gasteiger charge is 2.23. The Balaban J connectivity index is 2.96. The molecule has 1 heterocycles. The normalized spacial score (nSPS) is 14.2. The Morgan fingerprint density at radius 3 is 2.47 bits per heavy atom. The fourth-order valence-corrected chi connectivity index (χ4v) is 5.29. The molecule has 98 valence electrons. The first-order chi connectivity index (χ1) is 7.77. The van der Waals surface area contributed by atoms with Gasteiger partial charge in [-0.3, -0.25) is 0 Å². The fourth-order valence-electron chi connectivity index (χ4n) is 1.41. The minimum Gasteiger partial charge on any atom is -0.207 e. The molecule has 1 aromatic heterocycles. The molecule has 0 aliphatic rings. The van der Waals surface area contributed by atoms with Gasteiger partial charge in [0.2, 0.25) is 10.0 Å². The minimum atomic E-state index is -3.46. The van der Waals surface area contributed by atoms with E-state index < -0.39 is 10.0 Å². The Bertz CT molecular complexity index is 465. The number of sulfonamides is 1. The Kier molecular flexibility index (Phi) is 5.46. The quantitative estimate of drug-likeness (QED) is 0.866. The fraction of sp³-hybridized carbons (Fsp3) is 0.600. The Morgan fingerprint density at radius 2 is 2.12 bits per heavy atom. The third-order valence-corrected chi connectivity index (χ3v) is 6.88. The van der Waals surface area contributed by atoms with Crippen molar-refractivity contribution < 1.29 is 8.42 Å².